The van der Waals surface area contributed by atoms with Gasteiger partial charge in [0.1, 0.15) is 5.75 Å². The van der Waals surface area contributed by atoms with E-state index in [0.717, 1.165) is 33.7 Å². The minimum Gasteiger partial charge on any atom is -0.507 e. The summed E-state index contributed by atoms with van der Waals surface area (Å²) in [6.45, 7) is 4.07. The van der Waals surface area contributed by atoms with Crippen LogP contribution in [-0.2, 0) is 0 Å². The van der Waals surface area contributed by atoms with Crippen LogP contribution in [0.2, 0.25) is 0 Å². The van der Waals surface area contributed by atoms with Crippen LogP contribution in [0.4, 0.5) is 0 Å². The van der Waals surface area contributed by atoms with Crippen molar-refractivity contribution in [2.75, 3.05) is 0 Å². The molecule has 4 aromatic rings. The lowest BCUT2D eigenvalue weighted by atomic mass is 10.1. The van der Waals surface area contributed by atoms with Crippen molar-refractivity contribution in [1.29, 1.82) is 0 Å². The molecule has 0 bridgehead atoms. The molecule has 0 saturated heterocycles. The van der Waals surface area contributed by atoms with Crippen molar-refractivity contribution in [3.63, 3.8) is 0 Å². The van der Waals surface area contributed by atoms with Crippen molar-refractivity contribution < 1.29 is 5.11 Å². The van der Waals surface area contributed by atoms with Gasteiger partial charge in [0, 0.05) is 23.4 Å². The Hall–Kier alpha value is -3.14. The molecule has 0 radical (unpaired) electrons. The average Bonchev–Trinajstić information content (AvgIpc) is 3.02. The largest absolute Gasteiger partial charge is 0.507 e. The second-order valence-electron chi connectivity index (χ2n) is 6.02. The molecule has 0 spiro atoms. The van der Waals surface area contributed by atoms with Gasteiger partial charge in [-0.05, 0) is 32.0 Å². The highest BCUT2D eigenvalue weighted by Gasteiger charge is 2.12. The Morgan fingerprint density at radius 1 is 0.875 bits per heavy atom. The molecule has 0 atom stereocenters. The van der Waals surface area contributed by atoms with Crippen molar-refractivity contribution in [2.24, 2.45) is 0 Å². The number of aromatic nitrogens is 3. The van der Waals surface area contributed by atoms with Gasteiger partial charge in [-0.3, -0.25) is 0 Å². The molecule has 118 valence electrons. The number of fused-ring (bicyclic) bond motifs is 1. The molecule has 0 aliphatic carbocycles. The maximum absolute atomic E-state index is 10.2. The first-order valence-electron chi connectivity index (χ1n) is 7.83. The first kappa shape index (κ1) is 14.5. The van der Waals surface area contributed by atoms with Crippen LogP contribution in [-0.4, -0.2) is 19.7 Å². The van der Waals surface area contributed by atoms with Crippen LogP contribution in [0.1, 0.15) is 11.1 Å². The van der Waals surface area contributed by atoms with Gasteiger partial charge in [0.25, 0.3) is 0 Å². The molecule has 2 aromatic carbocycles. The molecule has 2 aromatic heterocycles. The summed E-state index contributed by atoms with van der Waals surface area (Å²) in [5, 5.41) is 14.9. The van der Waals surface area contributed by atoms with Crippen LogP contribution >= 0.6 is 0 Å². The molecule has 2 heterocycles. The molecule has 24 heavy (non-hydrogen) atoms. The number of hydrogen-bond donors (Lipinski definition) is 1. The van der Waals surface area contributed by atoms with Crippen molar-refractivity contribution in [3.8, 4) is 28.3 Å². The third kappa shape index (κ3) is 2.42. The monoisotopic (exact) mass is 315 g/mol. The number of phenols is 1. The first-order valence-corrected chi connectivity index (χ1v) is 7.83. The first-order chi connectivity index (χ1) is 11.6. The van der Waals surface area contributed by atoms with Gasteiger partial charge >= 0.3 is 0 Å². The summed E-state index contributed by atoms with van der Waals surface area (Å²) in [6.07, 6.45) is 1.74. The number of aromatic hydroxyl groups is 1. The zero-order valence-electron chi connectivity index (χ0n) is 13.6. The number of rotatable bonds is 2. The fraction of sp³-hybridized carbons (Fsp3) is 0.100. The Morgan fingerprint density at radius 3 is 2.42 bits per heavy atom. The van der Waals surface area contributed by atoms with Gasteiger partial charge < -0.3 is 5.11 Å². The van der Waals surface area contributed by atoms with E-state index < -0.39 is 0 Å². The molecule has 4 rings (SSSR count). The fourth-order valence-electron chi connectivity index (χ4n) is 2.82. The van der Waals surface area contributed by atoms with E-state index in [-0.39, 0.29) is 5.75 Å². The smallest absolute Gasteiger partial charge is 0.156 e. The second kappa shape index (κ2) is 5.49. The summed E-state index contributed by atoms with van der Waals surface area (Å²) in [4.78, 5) is 4.40. The van der Waals surface area contributed by atoms with Crippen molar-refractivity contribution in [1.82, 2.24) is 14.6 Å². The van der Waals surface area contributed by atoms with Crippen LogP contribution < -0.4 is 0 Å². The van der Waals surface area contributed by atoms with Crippen molar-refractivity contribution in [3.05, 3.63) is 71.9 Å². The quantitative estimate of drug-likeness (QED) is 0.597. The van der Waals surface area contributed by atoms with Gasteiger partial charge in [0.05, 0.1) is 11.4 Å². The fourth-order valence-corrected chi connectivity index (χ4v) is 2.82. The van der Waals surface area contributed by atoms with Gasteiger partial charge in [0.15, 0.2) is 5.65 Å². The highest BCUT2D eigenvalue weighted by atomic mass is 16.3. The van der Waals surface area contributed by atoms with Gasteiger partial charge in [0.2, 0.25) is 0 Å². The molecule has 0 amide bonds. The normalized spacial score (nSPS) is 11.1. The lowest BCUT2D eigenvalue weighted by Gasteiger charge is -2.07. The molecule has 4 nitrogen and oxygen atoms in total. The van der Waals surface area contributed by atoms with E-state index in [1.807, 2.05) is 31.2 Å². The van der Waals surface area contributed by atoms with E-state index in [9.17, 15) is 5.11 Å². The molecule has 0 aliphatic heterocycles. The van der Waals surface area contributed by atoms with E-state index in [1.54, 1.807) is 16.8 Å². The third-order valence-corrected chi connectivity index (χ3v) is 4.13. The van der Waals surface area contributed by atoms with E-state index in [0.29, 0.717) is 0 Å². The zero-order valence-corrected chi connectivity index (χ0v) is 13.6. The van der Waals surface area contributed by atoms with E-state index in [1.165, 1.54) is 5.56 Å². The summed E-state index contributed by atoms with van der Waals surface area (Å²) in [5.41, 5.74) is 6.53. The Labute approximate surface area is 140 Å². The Morgan fingerprint density at radius 2 is 1.62 bits per heavy atom. The molecule has 1 N–H and O–H groups in total. The molecular formula is C20H17N3O. The van der Waals surface area contributed by atoms with E-state index in [4.69, 9.17) is 5.10 Å². The number of phenolic OH excluding ortho intramolecular Hbond substituents is 1. The van der Waals surface area contributed by atoms with Gasteiger partial charge in [-0.25, -0.2) is 9.50 Å². The van der Waals surface area contributed by atoms with Crippen LogP contribution in [0, 0.1) is 13.8 Å². The highest BCUT2D eigenvalue weighted by Crippen LogP contribution is 2.31. The zero-order chi connectivity index (χ0) is 16.7. The average molecular weight is 315 g/mol. The highest BCUT2D eigenvalue weighted by molar-refractivity contribution is 5.72. The molecule has 0 unspecified atom stereocenters. The van der Waals surface area contributed by atoms with Gasteiger partial charge in [-0.2, -0.15) is 5.10 Å². The van der Waals surface area contributed by atoms with Gasteiger partial charge in [-0.15, -0.1) is 0 Å². The second-order valence-corrected chi connectivity index (χ2v) is 6.02. The minimum absolute atomic E-state index is 0.237. The maximum Gasteiger partial charge on any atom is 0.156 e. The summed E-state index contributed by atoms with van der Waals surface area (Å²) in [6, 6.07) is 17.6. The summed E-state index contributed by atoms with van der Waals surface area (Å²) in [5.74, 6) is 0.237. The Balaban J connectivity index is 1.92. The van der Waals surface area contributed by atoms with Crippen molar-refractivity contribution >= 4 is 5.65 Å². The SMILES string of the molecule is Cc1ccc(-c2cc3nccc(-c4cc(C)ccc4O)n3n2)cc1. The van der Waals surface area contributed by atoms with Crippen LogP contribution in [0.5, 0.6) is 5.75 Å². The summed E-state index contributed by atoms with van der Waals surface area (Å²) in [7, 11) is 0. The predicted octanol–water partition coefficient (Wildman–Crippen LogP) is 4.39. The van der Waals surface area contributed by atoms with Crippen LogP contribution in [0.3, 0.4) is 0 Å². The van der Waals surface area contributed by atoms with Crippen LogP contribution in [0.15, 0.2) is 60.8 Å². The number of nitrogens with zero attached hydrogens (tertiary/aromatic N) is 3. The number of hydrogen-bond acceptors (Lipinski definition) is 3. The third-order valence-electron chi connectivity index (χ3n) is 4.13. The lowest BCUT2D eigenvalue weighted by molar-refractivity contribution is 0.477. The Kier molecular flexibility index (Phi) is 3.31. The number of aryl methyl sites for hydroxylation is 2. The molecule has 4 heteroatoms. The van der Waals surface area contributed by atoms with Crippen molar-refractivity contribution in [2.45, 2.75) is 13.8 Å². The molecule has 0 fully saturated rings. The summed E-state index contributed by atoms with van der Waals surface area (Å²) < 4.78 is 1.78. The molecule has 0 aliphatic rings. The standard InChI is InChI=1S/C20H17N3O/c1-13-3-6-15(7-4-13)17-12-20-21-10-9-18(23(20)22-17)16-11-14(2)5-8-19(16)24/h3-12,24H,1-2H3. The minimum atomic E-state index is 0.237. The topological polar surface area (TPSA) is 50.4 Å². The predicted molar refractivity (Wildman–Crippen MR) is 95.0 cm³/mol. The lowest BCUT2D eigenvalue weighted by Crippen LogP contribution is -1.96. The summed E-state index contributed by atoms with van der Waals surface area (Å²) >= 11 is 0. The van der Waals surface area contributed by atoms with E-state index in [2.05, 4.69) is 36.2 Å². The molecule has 0 saturated carbocycles. The van der Waals surface area contributed by atoms with Crippen LogP contribution in [0.25, 0.3) is 28.2 Å². The Bertz CT molecular complexity index is 1030. The molecular weight excluding hydrogens is 298 g/mol. The number of benzene rings is 2. The maximum atomic E-state index is 10.2. The van der Waals surface area contributed by atoms with Gasteiger partial charge in [-0.1, -0.05) is 41.5 Å². The van der Waals surface area contributed by atoms with E-state index >= 15 is 0 Å².